The molecule has 1 aromatic heterocycles. The van der Waals surface area contributed by atoms with Crippen molar-refractivity contribution < 1.29 is 9.53 Å². The lowest BCUT2D eigenvalue weighted by atomic mass is 10.1. The number of aryl methyl sites for hydroxylation is 1. The maximum absolute atomic E-state index is 11.6. The molecular weight excluding hydrogens is 248 g/mol. The van der Waals surface area contributed by atoms with Gasteiger partial charge in [0, 0.05) is 4.88 Å². The molecule has 1 rings (SSSR count). The highest BCUT2D eigenvalue weighted by Crippen LogP contribution is 2.29. The van der Waals surface area contributed by atoms with Crippen LogP contribution in [-0.2, 0) is 4.74 Å². The molecule has 1 unspecified atom stereocenters. The molecule has 0 fully saturated rings. The molecule has 0 saturated heterocycles. The molecule has 0 aliphatic rings. The maximum Gasteiger partial charge on any atom is 0.413 e. The lowest BCUT2D eigenvalue weighted by Gasteiger charge is -2.18. The van der Waals surface area contributed by atoms with Gasteiger partial charge in [-0.1, -0.05) is 5.92 Å². The van der Waals surface area contributed by atoms with Gasteiger partial charge in [0.05, 0.1) is 11.6 Å². The predicted octanol–water partition coefficient (Wildman–Crippen LogP) is 3.54. The van der Waals surface area contributed by atoms with Crippen LogP contribution in [0.5, 0.6) is 0 Å². The summed E-state index contributed by atoms with van der Waals surface area (Å²) in [7, 11) is 0. The van der Waals surface area contributed by atoms with Crippen LogP contribution >= 0.6 is 11.3 Å². The number of hydrogen-bond acceptors (Lipinski definition) is 4. The molecule has 0 aliphatic heterocycles. The third-order valence-electron chi connectivity index (χ3n) is 2.08. The number of thiazole rings is 1. The van der Waals surface area contributed by atoms with Crippen molar-refractivity contribution in [3.63, 3.8) is 0 Å². The normalized spacial score (nSPS) is 12.7. The maximum atomic E-state index is 11.6. The van der Waals surface area contributed by atoms with Crippen molar-refractivity contribution in [1.29, 1.82) is 0 Å². The van der Waals surface area contributed by atoms with Crippen molar-refractivity contribution in [2.45, 2.75) is 46.1 Å². The average Bonchev–Trinajstić information content (AvgIpc) is 2.55. The number of hydrogen-bond donors (Lipinski definition) is 1. The van der Waals surface area contributed by atoms with E-state index in [0.717, 1.165) is 10.6 Å². The van der Waals surface area contributed by atoms with Crippen LogP contribution in [0.3, 0.4) is 0 Å². The Hall–Kier alpha value is -1.54. The van der Waals surface area contributed by atoms with Gasteiger partial charge in [0.2, 0.25) is 0 Å². The lowest BCUT2D eigenvalue weighted by molar-refractivity contribution is 0.0636. The van der Waals surface area contributed by atoms with E-state index in [9.17, 15) is 4.79 Å². The number of ether oxygens (including phenoxy) is 1. The van der Waals surface area contributed by atoms with Crippen molar-refractivity contribution in [2.24, 2.45) is 0 Å². The summed E-state index contributed by atoms with van der Waals surface area (Å²) in [5.41, 5.74) is 0.321. The Morgan fingerprint density at radius 2 is 2.17 bits per heavy atom. The van der Waals surface area contributed by atoms with Crippen LogP contribution in [0.1, 0.15) is 44.2 Å². The van der Waals surface area contributed by atoms with Crippen LogP contribution in [0.25, 0.3) is 0 Å². The number of amides is 1. The molecule has 1 atom stereocenters. The monoisotopic (exact) mass is 266 g/mol. The largest absolute Gasteiger partial charge is 0.444 e. The summed E-state index contributed by atoms with van der Waals surface area (Å²) < 4.78 is 5.15. The third kappa shape index (κ3) is 4.04. The zero-order valence-electron chi connectivity index (χ0n) is 11.3. The minimum Gasteiger partial charge on any atom is -0.444 e. The second kappa shape index (κ2) is 5.40. The Bertz CT molecular complexity index is 480. The average molecular weight is 266 g/mol. The van der Waals surface area contributed by atoms with E-state index in [2.05, 4.69) is 16.2 Å². The summed E-state index contributed by atoms with van der Waals surface area (Å²) in [4.78, 5) is 16.8. The molecule has 0 spiro atoms. The highest BCUT2D eigenvalue weighted by molar-refractivity contribution is 7.16. The van der Waals surface area contributed by atoms with Crippen LogP contribution < -0.4 is 5.32 Å². The summed E-state index contributed by atoms with van der Waals surface area (Å²) in [6.07, 6.45) is 4.88. The van der Waals surface area contributed by atoms with Crippen LogP contribution in [0.15, 0.2) is 0 Å². The topological polar surface area (TPSA) is 51.2 Å². The first-order valence-corrected chi connectivity index (χ1v) is 6.48. The predicted molar refractivity (Wildman–Crippen MR) is 74.0 cm³/mol. The molecule has 0 bridgehead atoms. The van der Waals surface area contributed by atoms with Crippen molar-refractivity contribution in [2.75, 3.05) is 5.32 Å². The molecule has 1 amide bonds. The highest BCUT2D eigenvalue weighted by Gasteiger charge is 2.19. The summed E-state index contributed by atoms with van der Waals surface area (Å²) in [6, 6.07) is 0. The Labute approximate surface area is 112 Å². The summed E-state index contributed by atoms with van der Waals surface area (Å²) in [5, 5.41) is 3.13. The third-order valence-corrected chi connectivity index (χ3v) is 3.34. The van der Waals surface area contributed by atoms with Crippen LogP contribution in [0.4, 0.5) is 9.93 Å². The molecule has 1 aromatic rings. The van der Waals surface area contributed by atoms with Crippen LogP contribution in [-0.4, -0.2) is 16.7 Å². The van der Waals surface area contributed by atoms with E-state index in [1.165, 1.54) is 11.3 Å². The smallest absolute Gasteiger partial charge is 0.413 e. The van der Waals surface area contributed by atoms with Gasteiger partial charge in [-0.15, -0.1) is 17.8 Å². The second-order valence-electron chi connectivity index (χ2n) is 4.98. The zero-order chi connectivity index (χ0) is 13.9. The number of rotatable bonds is 2. The molecular formula is C13H18N2O2S. The fourth-order valence-corrected chi connectivity index (χ4v) is 2.29. The quantitative estimate of drug-likeness (QED) is 0.833. The SMILES string of the molecule is C#CC(C)c1sc(NC(=O)OC(C)(C)C)nc1C. The fourth-order valence-electron chi connectivity index (χ4n) is 1.33. The minimum absolute atomic E-state index is 0.00307. The Kier molecular flexibility index (Phi) is 4.36. The first-order chi connectivity index (χ1) is 8.23. The Morgan fingerprint density at radius 3 is 2.67 bits per heavy atom. The molecule has 0 aliphatic carbocycles. The molecule has 18 heavy (non-hydrogen) atoms. The van der Waals surface area contributed by atoms with E-state index >= 15 is 0 Å². The van der Waals surface area contributed by atoms with E-state index in [1.54, 1.807) is 0 Å². The van der Waals surface area contributed by atoms with Gasteiger partial charge in [0.1, 0.15) is 5.60 Å². The van der Waals surface area contributed by atoms with Crippen molar-refractivity contribution in [3.8, 4) is 12.3 Å². The van der Waals surface area contributed by atoms with E-state index < -0.39 is 11.7 Å². The van der Waals surface area contributed by atoms with Crippen molar-refractivity contribution >= 4 is 22.6 Å². The molecule has 98 valence electrons. The molecule has 1 N–H and O–H groups in total. The number of anilines is 1. The molecule has 0 aromatic carbocycles. The van der Waals surface area contributed by atoms with Gasteiger partial charge < -0.3 is 4.74 Å². The van der Waals surface area contributed by atoms with E-state index in [1.807, 2.05) is 34.6 Å². The highest BCUT2D eigenvalue weighted by atomic mass is 32.1. The Morgan fingerprint density at radius 1 is 1.56 bits per heavy atom. The van der Waals surface area contributed by atoms with Gasteiger partial charge in [-0.2, -0.15) is 0 Å². The van der Waals surface area contributed by atoms with Gasteiger partial charge in [-0.3, -0.25) is 5.32 Å². The number of aromatic nitrogens is 1. The van der Waals surface area contributed by atoms with Gasteiger partial charge in [-0.05, 0) is 34.6 Å². The van der Waals surface area contributed by atoms with E-state index in [4.69, 9.17) is 11.2 Å². The number of nitrogens with zero attached hydrogens (tertiary/aromatic N) is 1. The van der Waals surface area contributed by atoms with E-state index in [0.29, 0.717) is 5.13 Å². The zero-order valence-corrected chi connectivity index (χ0v) is 12.1. The van der Waals surface area contributed by atoms with Crippen molar-refractivity contribution in [3.05, 3.63) is 10.6 Å². The summed E-state index contributed by atoms with van der Waals surface area (Å²) >= 11 is 1.38. The first-order valence-electron chi connectivity index (χ1n) is 5.66. The molecule has 5 heteroatoms. The number of nitrogens with one attached hydrogen (secondary N) is 1. The molecule has 0 radical (unpaired) electrons. The van der Waals surface area contributed by atoms with Crippen molar-refractivity contribution in [1.82, 2.24) is 4.98 Å². The lowest BCUT2D eigenvalue weighted by Crippen LogP contribution is -2.27. The Balaban J connectivity index is 2.76. The first kappa shape index (κ1) is 14.5. The second-order valence-corrected chi connectivity index (χ2v) is 6.01. The van der Waals surface area contributed by atoms with Gasteiger partial charge in [-0.25, -0.2) is 9.78 Å². The summed E-state index contributed by atoms with van der Waals surface area (Å²) in [5.74, 6) is 2.65. The summed E-state index contributed by atoms with van der Waals surface area (Å²) in [6.45, 7) is 9.24. The molecule has 4 nitrogen and oxygen atoms in total. The molecule has 1 heterocycles. The van der Waals surface area contributed by atoms with Crippen LogP contribution in [0, 0.1) is 19.3 Å². The van der Waals surface area contributed by atoms with E-state index in [-0.39, 0.29) is 5.92 Å². The minimum atomic E-state index is -0.522. The number of carbonyl (C=O) groups is 1. The number of terminal acetylenes is 1. The van der Waals surface area contributed by atoms with Crippen LogP contribution in [0.2, 0.25) is 0 Å². The standard InChI is InChI=1S/C13H18N2O2S/c1-7-8(2)10-9(3)14-11(18-10)15-12(16)17-13(4,5)6/h1,8H,2-6H3,(H,14,15,16). The molecule has 0 saturated carbocycles. The number of carbonyl (C=O) groups excluding carboxylic acids is 1. The fraction of sp³-hybridized carbons (Fsp3) is 0.538. The van der Waals surface area contributed by atoms with Gasteiger partial charge >= 0.3 is 6.09 Å². The van der Waals surface area contributed by atoms with Gasteiger partial charge in [0.25, 0.3) is 0 Å². The van der Waals surface area contributed by atoms with Gasteiger partial charge in [0.15, 0.2) is 5.13 Å².